The highest BCUT2D eigenvalue weighted by Gasteiger charge is 2.54. The van der Waals surface area contributed by atoms with Crippen LogP contribution in [0.5, 0.6) is 5.75 Å². The Hall–Kier alpha value is -3.30. The van der Waals surface area contributed by atoms with E-state index >= 15 is 0 Å². The topological polar surface area (TPSA) is 117 Å². The maximum absolute atomic E-state index is 14.3. The summed E-state index contributed by atoms with van der Waals surface area (Å²) in [6.45, 7) is 2.03. The predicted molar refractivity (Wildman–Crippen MR) is 166 cm³/mol. The number of aromatic hydroxyl groups is 1. The molecule has 45 heavy (non-hydrogen) atoms. The highest BCUT2D eigenvalue weighted by atomic mass is 35.5. The first kappa shape index (κ1) is 31.7. The molecule has 3 aromatic rings. The van der Waals surface area contributed by atoms with Crippen molar-refractivity contribution in [1.82, 2.24) is 9.88 Å². The molecule has 2 aliphatic heterocycles. The van der Waals surface area contributed by atoms with Crippen LogP contribution in [0.3, 0.4) is 0 Å². The summed E-state index contributed by atoms with van der Waals surface area (Å²) in [6.07, 6.45) is 3.03. The zero-order chi connectivity index (χ0) is 32.4. The number of anilines is 1. The van der Waals surface area contributed by atoms with Gasteiger partial charge in [-0.05, 0) is 85.2 Å². The number of piperidine rings is 1. The lowest BCUT2D eigenvalue weighted by molar-refractivity contribution is -0.125. The molecule has 1 aromatic heterocycles. The van der Waals surface area contributed by atoms with Gasteiger partial charge in [-0.25, -0.2) is 0 Å². The Bertz CT molecular complexity index is 1850. The molecule has 1 atom stereocenters. The van der Waals surface area contributed by atoms with Crippen molar-refractivity contribution in [2.75, 3.05) is 11.4 Å². The van der Waals surface area contributed by atoms with Crippen molar-refractivity contribution < 1.29 is 23.5 Å². The molecule has 6 rings (SSSR count). The number of aromatic amines is 1. The van der Waals surface area contributed by atoms with E-state index < -0.39 is 34.1 Å². The second-order valence-corrected chi connectivity index (χ2v) is 13.8. The van der Waals surface area contributed by atoms with Crippen molar-refractivity contribution in [3.63, 3.8) is 0 Å². The molecular formula is C31H25Cl3F2N4O4S. The number of halogens is 5. The number of amides is 2. The Kier molecular flexibility index (Phi) is 8.09. The predicted octanol–water partition coefficient (Wildman–Crippen LogP) is 7.65. The van der Waals surface area contributed by atoms with Gasteiger partial charge in [0.2, 0.25) is 5.91 Å². The van der Waals surface area contributed by atoms with Crippen LogP contribution >= 0.6 is 46.6 Å². The number of phenolic OH excluding ortho intramolecular Hbond substituents is 1. The minimum atomic E-state index is -3.95. The van der Waals surface area contributed by atoms with Crippen molar-refractivity contribution in [3.05, 3.63) is 78.7 Å². The Balaban J connectivity index is 1.44. The summed E-state index contributed by atoms with van der Waals surface area (Å²) in [4.78, 5) is 46.0. The first-order chi connectivity index (χ1) is 21.3. The third kappa shape index (κ3) is 5.46. The molecule has 1 spiro atoms. The minimum absolute atomic E-state index is 0.0366. The fourth-order valence-corrected chi connectivity index (χ4v) is 8.09. The monoisotopic (exact) mass is 692 g/mol. The largest absolute Gasteiger partial charge is 0.505 e. The number of pyridine rings is 1. The first-order valence-corrected chi connectivity index (χ1v) is 16.0. The lowest BCUT2D eigenvalue weighted by Gasteiger charge is -2.33. The fourth-order valence-electron chi connectivity index (χ4n) is 6.35. The van der Waals surface area contributed by atoms with Crippen LogP contribution in [0.4, 0.5) is 14.5 Å². The van der Waals surface area contributed by atoms with E-state index in [1.807, 2.05) is 4.98 Å². The molecule has 1 saturated carbocycles. The van der Waals surface area contributed by atoms with Gasteiger partial charge in [0.15, 0.2) is 0 Å². The Labute approximate surface area is 275 Å². The van der Waals surface area contributed by atoms with Gasteiger partial charge < -0.3 is 19.9 Å². The number of H-pyrrole nitrogens is 1. The van der Waals surface area contributed by atoms with Gasteiger partial charge in [-0.1, -0.05) is 41.0 Å². The van der Waals surface area contributed by atoms with E-state index in [1.54, 1.807) is 24.0 Å². The van der Waals surface area contributed by atoms with Gasteiger partial charge in [0, 0.05) is 28.3 Å². The van der Waals surface area contributed by atoms with Crippen LogP contribution in [0, 0.1) is 23.7 Å². The quantitative estimate of drug-likeness (QED) is 0.256. The summed E-state index contributed by atoms with van der Waals surface area (Å²) >= 11 is 18.7. The number of benzene rings is 2. The number of carbonyl (C=O) groups excluding carboxylic acids is 2. The maximum atomic E-state index is 14.3. The summed E-state index contributed by atoms with van der Waals surface area (Å²) in [5.41, 5.74) is -1.03. The van der Waals surface area contributed by atoms with E-state index in [0.29, 0.717) is 28.9 Å². The fraction of sp³-hybridized carbons (Fsp3) is 0.355. The van der Waals surface area contributed by atoms with Crippen molar-refractivity contribution >= 4 is 64.1 Å². The lowest BCUT2D eigenvalue weighted by Crippen LogP contribution is -2.42. The average molecular weight is 694 g/mol. The van der Waals surface area contributed by atoms with Crippen LogP contribution in [0.25, 0.3) is 0 Å². The molecule has 3 aliphatic rings. The molecule has 0 radical (unpaired) electrons. The molecule has 0 unspecified atom stereocenters. The molecule has 234 valence electrons. The second-order valence-electron chi connectivity index (χ2n) is 11.5. The SMILES string of the molecule is Cc1c(O)c(N2CCCC3(CC3)C2=O)cc2c1[C@@H](CC#N)N(C(=O)c1c(Sc3c(Cl)cccc3Cl)cc(C(F)(F)Cl)[nH]c1=O)C2. The molecule has 3 heterocycles. The van der Waals surface area contributed by atoms with E-state index in [1.165, 1.54) is 17.0 Å². The lowest BCUT2D eigenvalue weighted by atomic mass is 9.91. The van der Waals surface area contributed by atoms with Gasteiger partial charge in [-0.3, -0.25) is 14.4 Å². The smallest absolute Gasteiger partial charge is 0.362 e. The maximum Gasteiger partial charge on any atom is 0.362 e. The van der Waals surface area contributed by atoms with Crippen LogP contribution < -0.4 is 10.5 Å². The summed E-state index contributed by atoms with van der Waals surface area (Å²) in [7, 11) is 0. The Morgan fingerprint density at radius 1 is 1.22 bits per heavy atom. The average Bonchev–Trinajstić information content (AvgIpc) is 3.66. The van der Waals surface area contributed by atoms with Crippen molar-refractivity contribution in [2.45, 2.75) is 66.8 Å². The van der Waals surface area contributed by atoms with E-state index in [-0.39, 0.29) is 49.9 Å². The zero-order valence-electron chi connectivity index (χ0n) is 23.7. The van der Waals surface area contributed by atoms with Crippen LogP contribution in [-0.2, 0) is 16.7 Å². The molecule has 8 nitrogen and oxygen atoms in total. The molecule has 1 aliphatic carbocycles. The minimum Gasteiger partial charge on any atom is -0.505 e. The molecule has 0 bridgehead atoms. The van der Waals surface area contributed by atoms with Gasteiger partial charge >= 0.3 is 5.38 Å². The summed E-state index contributed by atoms with van der Waals surface area (Å²) < 4.78 is 28.4. The van der Waals surface area contributed by atoms with E-state index in [4.69, 9.17) is 34.8 Å². The highest BCUT2D eigenvalue weighted by molar-refractivity contribution is 7.99. The molecule has 2 amide bonds. The number of carbonyl (C=O) groups is 2. The Morgan fingerprint density at radius 3 is 2.53 bits per heavy atom. The third-order valence-corrected chi connectivity index (χ3v) is 11.0. The molecule has 2 fully saturated rings. The van der Waals surface area contributed by atoms with Gasteiger partial charge in [-0.15, -0.1) is 0 Å². The van der Waals surface area contributed by atoms with Crippen LogP contribution in [0.2, 0.25) is 10.0 Å². The van der Waals surface area contributed by atoms with E-state index in [2.05, 4.69) is 6.07 Å². The number of nitrogens with zero attached hydrogens (tertiary/aromatic N) is 3. The molecule has 2 aromatic carbocycles. The molecule has 1 saturated heterocycles. The number of hydrogen-bond donors (Lipinski definition) is 2. The number of hydrogen-bond acceptors (Lipinski definition) is 6. The van der Waals surface area contributed by atoms with Crippen molar-refractivity contribution in [1.29, 1.82) is 5.26 Å². The van der Waals surface area contributed by atoms with Crippen LogP contribution in [0.1, 0.15) is 70.9 Å². The van der Waals surface area contributed by atoms with Gasteiger partial charge in [-0.2, -0.15) is 14.0 Å². The van der Waals surface area contributed by atoms with Crippen molar-refractivity contribution in [3.8, 4) is 11.8 Å². The third-order valence-electron chi connectivity index (χ3n) is 8.78. The number of alkyl halides is 3. The summed E-state index contributed by atoms with van der Waals surface area (Å²) in [5, 5.41) is 17.4. The number of fused-ring (bicyclic) bond motifs is 1. The normalized spacial score (nSPS) is 18.7. The molecule has 2 N–H and O–H groups in total. The zero-order valence-corrected chi connectivity index (χ0v) is 26.8. The Morgan fingerprint density at radius 2 is 1.91 bits per heavy atom. The van der Waals surface area contributed by atoms with E-state index in [9.17, 15) is 33.5 Å². The molecular weight excluding hydrogens is 669 g/mol. The van der Waals surface area contributed by atoms with Crippen LogP contribution in [-0.4, -0.2) is 33.3 Å². The van der Waals surface area contributed by atoms with Gasteiger partial charge in [0.05, 0.1) is 34.3 Å². The summed E-state index contributed by atoms with van der Waals surface area (Å²) in [6, 6.07) is 8.38. The standard InChI is InChI=1S/C31H25Cl3F2N4O4S/c1-15-23-16(12-20(25(15)41)39-11-3-7-30(8-9-30)29(39)44)14-40(19(23)6-10-37)28(43)24-21(13-22(31(34,35)36)38-27(24)42)45-26-17(32)4-2-5-18(26)33/h2,4-5,12-13,19,41H,3,6-9,11,14H2,1H3,(H,38,42)/t19-/m1/s1. The first-order valence-electron chi connectivity index (χ1n) is 14.1. The van der Waals surface area contributed by atoms with Crippen LogP contribution in [0.15, 0.2) is 44.9 Å². The number of nitriles is 1. The number of phenols is 1. The number of aromatic nitrogens is 1. The highest BCUT2D eigenvalue weighted by Crippen LogP contribution is 2.55. The molecule has 14 heteroatoms. The second kappa shape index (κ2) is 11.5. The van der Waals surface area contributed by atoms with Crippen molar-refractivity contribution in [2.24, 2.45) is 5.41 Å². The number of nitrogens with one attached hydrogen (secondary N) is 1. The number of rotatable bonds is 6. The summed E-state index contributed by atoms with van der Waals surface area (Å²) in [5.74, 6) is -0.993. The van der Waals surface area contributed by atoms with Gasteiger partial charge in [0.1, 0.15) is 17.0 Å². The van der Waals surface area contributed by atoms with Gasteiger partial charge in [0.25, 0.3) is 11.5 Å². The van der Waals surface area contributed by atoms with E-state index in [0.717, 1.165) is 43.5 Å².